The fraction of sp³-hybridized carbons (Fsp3) is 0.412. The highest BCUT2D eigenvalue weighted by molar-refractivity contribution is 7.89. The Kier molecular flexibility index (Phi) is 6.99. The van der Waals surface area contributed by atoms with E-state index >= 15 is 0 Å². The van der Waals surface area contributed by atoms with Gasteiger partial charge in [0.05, 0.1) is 11.4 Å². The first-order valence-corrected chi connectivity index (χ1v) is 9.84. The van der Waals surface area contributed by atoms with Crippen LogP contribution in [0, 0.1) is 0 Å². The molecule has 0 bridgehead atoms. The van der Waals surface area contributed by atoms with Crippen molar-refractivity contribution in [3.05, 3.63) is 48.5 Å². The number of hydrogen-bond acceptors (Lipinski definition) is 5. The highest BCUT2D eigenvalue weighted by Gasteiger charge is 2.32. The van der Waals surface area contributed by atoms with Crippen molar-refractivity contribution < 1.29 is 13.2 Å². The number of carbonyl (C=O) groups excluding carboxylic acids is 1. The van der Waals surface area contributed by atoms with Crippen LogP contribution >= 0.6 is 12.4 Å². The largest absolute Gasteiger partial charge is 0.336 e. The predicted octanol–water partition coefficient (Wildman–Crippen LogP) is 0.636. The third-order valence-corrected chi connectivity index (χ3v) is 6.35. The molecule has 3 rings (SSSR count). The Hall–Kier alpha value is -1.94. The van der Waals surface area contributed by atoms with E-state index in [9.17, 15) is 13.2 Å². The smallest absolute Gasteiger partial charge is 0.243 e. The molecule has 148 valence electrons. The Labute approximate surface area is 165 Å². The summed E-state index contributed by atoms with van der Waals surface area (Å²) in [7, 11) is -0.393. The number of piperazine rings is 1. The Bertz CT molecular complexity index is 872. The van der Waals surface area contributed by atoms with Crippen LogP contribution in [0.5, 0.6) is 0 Å². The van der Waals surface area contributed by atoms with Crippen molar-refractivity contribution >= 4 is 28.3 Å². The molecule has 1 N–H and O–H groups in total. The van der Waals surface area contributed by atoms with E-state index in [1.165, 1.54) is 19.2 Å². The van der Waals surface area contributed by atoms with Crippen molar-refractivity contribution in [2.75, 3.05) is 33.2 Å². The number of aryl methyl sites for hydroxylation is 1. The minimum Gasteiger partial charge on any atom is -0.336 e. The first kappa shape index (κ1) is 21.4. The normalized spacial score (nSPS) is 17.6. The molecule has 0 aliphatic carbocycles. The van der Waals surface area contributed by atoms with Crippen LogP contribution in [0.25, 0.3) is 0 Å². The van der Waals surface area contributed by atoms with E-state index in [1.54, 1.807) is 29.3 Å². The van der Waals surface area contributed by atoms with Crippen molar-refractivity contribution in [1.29, 1.82) is 0 Å². The van der Waals surface area contributed by atoms with Gasteiger partial charge in [-0.1, -0.05) is 18.2 Å². The number of rotatable bonds is 5. The summed E-state index contributed by atoms with van der Waals surface area (Å²) in [6.45, 7) is 1.56. The molecular weight excluding hydrogens is 390 g/mol. The number of hydrogen-bond donors (Lipinski definition) is 1. The summed E-state index contributed by atoms with van der Waals surface area (Å²) in [5.74, 6) is 0.542. The number of sulfonamides is 1. The van der Waals surface area contributed by atoms with Gasteiger partial charge in [0.1, 0.15) is 11.9 Å². The number of carbonyl (C=O) groups is 1. The molecule has 1 amide bonds. The Morgan fingerprint density at radius 1 is 1.33 bits per heavy atom. The van der Waals surface area contributed by atoms with Gasteiger partial charge in [0, 0.05) is 46.1 Å². The quantitative estimate of drug-likeness (QED) is 0.777. The lowest BCUT2D eigenvalue weighted by Crippen LogP contribution is -2.52. The number of imidazole rings is 1. The van der Waals surface area contributed by atoms with Gasteiger partial charge < -0.3 is 14.8 Å². The zero-order valence-corrected chi connectivity index (χ0v) is 16.9. The average Bonchev–Trinajstić information content (AvgIpc) is 3.08. The van der Waals surface area contributed by atoms with Crippen LogP contribution in [0.4, 0.5) is 0 Å². The third-order valence-electron chi connectivity index (χ3n) is 4.53. The molecular formula is C17H24ClN5O3S. The summed E-state index contributed by atoms with van der Waals surface area (Å²) < 4.78 is 28.3. The van der Waals surface area contributed by atoms with Gasteiger partial charge in [-0.15, -0.1) is 12.4 Å². The Balaban J connectivity index is 0.00000261. The zero-order valence-electron chi connectivity index (χ0n) is 15.3. The van der Waals surface area contributed by atoms with Gasteiger partial charge in [0.15, 0.2) is 0 Å². The van der Waals surface area contributed by atoms with Crippen LogP contribution in [-0.4, -0.2) is 66.3 Å². The van der Waals surface area contributed by atoms with Crippen LogP contribution in [-0.2, 0) is 21.9 Å². The molecule has 1 aliphatic rings. The molecule has 1 atom stereocenters. The number of amides is 1. The third kappa shape index (κ3) is 4.49. The predicted molar refractivity (Wildman–Crippen MR) is 104 cm³/mol. The molecule has 0 spiro atoms. The highest BCUT2D eigenvalue weighted by Crippen LogP contribution is 2.21. The standard InChI is InChI=1S/C17H23N5O3S.ClH/c1-20-10-9-19-17(20)15-12-18-8-11-22(15)16(23)13-21(2)26(24,25)14-6-4-3-5-7-14;/h3-7,9-10,15,18H,8,11-13H2,1-2H3;1H. The van der Waals surface area contributed by atoms with Gasteiger partial charge in [-0.2, -0.15) is 4.31 Å². The molecule has 27 heavy (non-hydrogen) atoms. The summed E-state index contributed by atoms with van der Waals surface area (Å²) in [5.41, 5.74) is 0. The molecule has 2 aromatic rings. The molecule has 1 aromatic carbocycles. The fourth-order valence-electron chi connectivity index (χ4n) is 3.07. The Morgan fingerprint density at radius 2 is 2.04 bits per heavy atom. The number of nitrogens with zero attached hydrogens (tertiary/aromatic N) is 4. The topological polar surface area (TPSA) is 87.5 Å². The fourth-order valence-corrected chi connectivity index (χ4v) is 4.21. The van der Waals surface area contributed by atoms with E-state index in [2.05, 4.69) is 10.3 Å². The minimum absolute atomic E-state index is 0. The van der Waals surface area contributed by atoms with Crippen LogP contribution in [0.15, 0.2) is 47.6 Å². The first-order valence-electron chi connectivity index (χ1n) is 8.40. The van der Waals surface area contributed by atoms with Gasteiger partial charge in [0.25, 0.3) is 0 Å². The number of aromatic nitrogens is 2. The van der Waals surface area contributed by atoms with Gasteiger partial charge in [0.2, 0.25) is 15.9 Å². The van der Waals surface area contributed by atoms with Crippen molar-refractivity contribution in [3.8, 4) is 0 Å². The second kappa shape index (κ2) is 8.83. The molecule has 10 heteroatoms. The van der Waals surface area contributed by atoms with E-state index in [-0.39, 0.29) is 35.8 Å². The molecule has 1 saturated heterocycles. The van der Waals surface area contributed by atoms with Gasteiger partial charge in [-0.05, 0) is 12.1 Å². The maximum Gasteiger partial charge on any atom is 0.243 e. The summed E-state index contributed by atoms with van der Waals surface area (Å²) in [5, 5.41) is 3.27. The van der Waals surface area contributed by atoms with Crippen molar-refractivity contribution in [1.82, 2.24) is 24.1 Å². The lowest BCUT2D eigenvalue weighted by molar-refractivity contribution is -0.134. The molecule has 8 nitrogen and oxygen atoms in total. The SMILES string of the molecule is CN(CC(=O)N1CCNCC1c1nccn1C)S(=O)(=O)c1ccccc1.Cl. The van der Waals surface area contributed by atoms with Crippen LogP contribution < -0.4 is 5.32 Å². The second-order valence-electron chi connectivity index (χ2n) is 6.28. The Morgan fingerprint density at radius 3 is 2.67 bits per heavy atom. The van der Waals surface area contributed by atoms with Gasteiger partial charge in [-0.3, -0.25) is 4.79 Å². The van der Waals surface area contributed by atoms with E-state index in [0.717, 1.165) is 10.1 Å². The molecule has 1 aromatic heterocycles. The number of nitrogens with one attached hydrogen (secondary N) is 1. The first-order chi connectivity index (χ1) is 12.4. The molecule has 0 saturated carbocycles. The van der Waals surface area contributed by atoms with E-state index in [4.69, 9.17) is 0 Å². The van der Waals surface area contributed by atoms with Crippen LogP contribution in [0.3, 0.4) is 0 Å². The summed E-state index contributed by atoms with van der Waals surface area (Å²) in [4.78, 5) is 19.1. The van der Waals surface area contributed by atoms with E-state index in [0.29, 0.717) is 19.6 Å². The van der Waals surface area contributed by atoms with E-state index in [1.807, 2.05) is 17.8 Å². The van der Waals surface area contributed by atoms with Crippen molar-refractivity contribution in [2.45, 2.75) is 10.9 Å². The summed E-state index contributed by atoms with van der Waals surface area (Å²) in [6, 6.07) is 7.91. The van der Waals surface area contributed by atoms with Crippen LogP contribution in [0.2, 0.25) is 0 Å². The maximum absolute atomic E-state index is 12.9. The number of halogens is 1. The lowest BCUT2D eigenvalue weighted by Gasteiger charge is -2.36. The van der Waals surface area contributed by atoms with Gasteiger partial charge >= 0.3 is 0 Å². The van der Waals surface area contributed by atoms with Crippen molar-refractivity contribution in [2.24, 2.45) is 7.05 Å². The molecule has 1 fully saturated rings. The molecule has 0 radical (unpaired) electrons. The minimum atomic E-state index is -3.70. The van der Waals surface area contributed by atoms with Crippen molar-refractivity contribution in [3.63, 3.8) is 0 Å². The van der Waals surface area contributed by atoms with Gasteiger partial charge in [-0.25, -0.2) is 13.4 Å². The molecule has 1 aliphatic heterocycles. The molecule has 1 unspecified atom stereocenters. The maximum atomic E-state index is 12.9. The zero-order chi connectivity index (χ0) is 18.7. The number of benzene rings is 1. The molecule has 2 heterocycles. The van der Waals surface area contributed by atoms with Crippen LogP contribution in [0.1, 0.15) is 11.9 Å². The summed E-state index contributed by atoms with van der Waals surface area (Å²) >= 11 is 0. The number of likely N-dealkylation sites (N-methyl/N-ethyl adjacent to an activating group) is 1. The van der Waals surface area contributed by atoms with E-state index < -0.39 is 10.0 Å². The average molecular weight is 414 g/mol. The lowest BCUT2D eigenvalue weighted by atomic mass is 10.1. The second-order valence-corrected chi connectivity index (χ2v) is 8.32. The highest BCUT2D eigenvalue weighted by atomic mass is 35.5. The monoisotopic (exact) mass is 413 g/mol. The summed E-state index contributed by atoms with van der Waals surface area (Å²) in [6.07, 6.45) is 3.52.